The van der Waals surface area contributed by atoms with E-state index in [0.29, 0.717) is 22.1 Å². The van der Waals surface area contributed by atoms with Crippen molar-refractivity contribution in [3.8, 4) is 11.3 Å². The Morgan fingerprint density at radius 3 is 2.59 bits per heavy atom. The fourth-order valence-electron chi connectivity index (χ4n) is 3.59. The highest BCUT2D eigenvalue weighted by Crippen LogP contribution is 2.37. The van der Waals surface area contributed by atoms with Crippen LogP contribution in [0.15, 0.2) is 63.4 Å². The van der Waals surface area contributed by atoms with Crippen LogP contribution in [0.1, 0.15) is 25.6 Å². The van der Waals surface area contributed by atoms with E-state index in [1.807, 2.05) is 61.7 Å². The zero-order valence-corrected chi connectivity index (χ0v) is 18.0. The number of rotatable bonds is 4. The molecule has 29 heavy (non-hydrogen) atoms. The minimum absolute atomic E-state index is 0.110. The molecule has 1 aromatic heterocycles. The Labute approximate surface area is 177 Å². The van der Waals surface area contributed by atoms with Gasteiger partial charge in [0.05, 0.1) is 11.3 Å². The summed E-state index contributed by atoms with van der Waals surface area (Å²) in [6.45, 7) is 3.55. The van der Waals surface area contributed by atoms with Crippen LogP contribution < -0.4 is 15.1 Å². The summed E-state index contributed by atoms with van der Waals surface area (Å²) in [6, 6.07) is 15.5. The van der Waals surface area contributed by atoms with Crippen LogP contribution in [-0.4, -0.2) is 28.0 Å². The van der Waals surface area contributed by atoms with Crippen LogP contribution in [0.5, 0.6) is 0 Å². The molecular formula is C21H21N4O2S2+. The van der Waals surface area contributed by atoms with E-state index in [0.717, 1.165) is 16.2 Å². The van der Waals surface area contributed by atoms with Crippen molar-refractivity contribution >= 4 is 35.1 Å². The summed E-state index contributed by atoms with van der Waals surface area (Å²) in [4.78, 5) is 31.5. The van der Waals surface area contributed by atoms with E-state index in [1.165, 1.54) is 11.8 Å². The molecule has 1 N–H and O–H groups in total. The van der Waals surface area contributed by atoms with Gasteiger partial charge in [-0.15, -0.1) is 11.8 Å². The molecule has 1 aliphatic rings. The summed E-state index contributed by atoms with van der Waals surface area (Å²) in [5, 5.41) is 5.26. The molecule has 2 aromatic carbocycles. The number of aromatic amines is 1. The van der Waals surface area contributed by atoms with Crippen LogP contribution in [0.3, 0.4) is 0 Å². The van der Waals surface area contributed by atoms with E-state index < -0.39 is 6.17 Å². The predicted octanol–water partition coefficient (Wildman–Crippen LogP) is 3.47. The van der Waals surface area contributed by atoms with Crippen LogP contribution in [0.4, 0.5) is 5.69 Å². The maximum atomic E-state index is 13.0. The summed E-state index contributed by atoms with van der Waals surface area (Å²) in [5.41, 5.74) is 2.54. The Bertz CT molecular complexity index is 1130. The van der Waals surface area contributed by atoms with E-state index in [4.69, 9.17) is 5.10 Å². The Kier molecular flexibility index (Phi) is 5.47. The van der Waals surface area contributed by atoms with Crippen molar-refractivity contribution in [3.05, 3.63) is 64.4 Å². The van der Waals surface area contributed by atoms with Gasteiger partial charge in [-0.25, -0.2) is 4.90 Å². The number of carbonyl (C=O) groups is 1. The highest BCUT2D eigenvalue weighted by Gasteiger charge is 2.44. The summed E-state index contributed by atoms with van der Waals surface area (Å²) < 4.78 is 1.69. The van der Waals surface area contributed by atoms with Crippen molar-refractivity contribution in [2.75, 3.05) is 16.9 Å². The van der Waals surface area contributed by atoms with Gasteiger partial charge in [-0.05, 0) is 53.1 Å². The van der Waals surface area contributed by atoms with Crippen molar-refractivity contribution < 1.29 is 9.48 Å². The van der Waals surface area contributed by atoms with Crippen LogP contribution in [0, 0.1) is 0 Å². The number of carbonyl (C=O) groups excluding carboxylic acids is 1. The smallest absolute Gasteiger partial charge is 0.291 e. The van der Waals surface area contributed by atoms with Gasteiger partial charge in [0.25, 0.3) is 6.17 Å². The maximum Gasteiger partial charge on any atom is 0.325 e. The zero-order valence-electron chi connectivity index (χ0n) is 16.4. The van der Waals surface area contributed by atoms with Gasteiger partial charge in [-0.2, -0.15) is 0 Å². The first kappa shape index (κ1) is 19.7. The second-order valence-corrected chi connectivity index (χ2v) is 8.67. The van der Waals surface area contributed by atoms with Crippen molar-refractivity contribution in [2.45, 2.75) is 30.1 Å². The molecule has 0 radical (unpaired) electrons. The van der Waals surface area contributed by atoms with Gasteiger partial charge in [-0.1, -0.05) is 30.8 Å². The molecule has 0 bridgehead atoms. The number of hydrogen-bond acceptors (Lipinski definition) is 5. The minimum Gasteiger partial charge on any atom is -0.291 e. The third-order valence-electron chi connectivity index (χ3n) is 4.79. The van der Waals surface area contributed by atoms with E-state index in [1.54, 1.807) is 28.3 Å². The molecule has 4 rings (SSSR count). The monoisotopic (exact) mass is 425 g/mol. The molecule has 2 heterocycles. The quantitative estimate of drug-likeness (QED) is 0.512. The average molecular weight is 426 g/mol. The Balaban J connectivity index is 2.03. The molecule has 148 valence electrons. The average Bonchev–Trinajstić information content (AvgIpc) is 2.72. The number of thioether (sulfide) groups is 2. The van der Waals surface area contributed by atoms with Crippen molar-refractivity contribution in [1.82, 2.24) is 10.1 Å². The first-order valence-electron chi connectivity index (χ1n) is 9.27. The molecule has 0 spiro atoms. The third kappa shape index (κ3) is 3.47. The van der Waals surface area contributed by atoms with E-state index in [9.17, 15) is 9.59 Å². The van der Waals surface area contributed by atoms with Crippen LogP contribution in [0.25, 0.3) is 11.3 Å². The molecule has 1 atom stereocenters. The first-order chi connectivity index (χ1) is 14.0. The van der Waals surface area contributed by atoms with Gasteiger partial charge in [0.15, 0.2) is 0 Å². The largest absolute Gasteiger partial charge is 0.325 e. The summed E-state index contributed by atoms with van der Waals surface area (Å²) in [7, 11) is 0. The highest BCUT2D eigenvalue weighted by atomic mass is 32.2. The van der Waals surface area contributed by atoms with Gasteiger partial charge in [0.2, 0.25) is 11.1 Å². The molecule has 1 amide bonds. The van der Waals surface area contributed by atoms with Gasteiger partial charge < -0.3 is 0 Å². The molecule has 3 aromatic rings. The molecular weight excluding hydrogens is 404 g/mol. The summed E-state index contributed by atoms with van der Waals surface area (Å²) in [5.74, 6) is 0.670. The summed E-state index contributed by atoms with van der Waals surface area (Å²) in [6.07, 6.45) is 1.49. The fourth-order valence-corrected chi connectivity index (χ4v) is 4.58. The second-order valence-electron chi connectivity index (χ2n) is 6.54. The molecule has 1 aliphatic heterocycles. The van der Waals surface area contributed by atoms with E-state index in [2.05, 4.69) is 4.98 Å². The van der Waals surface area contributed by atoms with Crippen molar-refractivity contribution in [2.24, 2.45) is 0 Å². The van der Waals surface area contributed by atoms with Crippen LogP contribution >= 0.6 is 23.5 Å². The number of nitrogens with zero attached hydrogens (tertiary/aromatic N) is 3. The normalized spacial score (nSPS) is 15.0. The molecule has 0 fully saturated rings. The fraction of sp³-hybridized carbons (Fsp3) is 0.238. The van der Waals surface area contributed by atoms with E-state index >= 15 is 0 Å². The first-order valence-corrected chi connectivity index (χ1v) is 11.5. The van der Waals surface area contributed by atoms with E-state index in [-0.39, 0.29) is 11.5 Å². The number of para-hydroxylation sites is 1. The Hall–Kier alpha value is -2.58. The minimum atomic E-state index is -0.535. The molecule has 0 saturated carbocycles. The Morgan fingerprint density at radius 2 is 1.93 bits per heavy atom. The lowest BCUT2D eigenvalue weighted by Crippen LogP contribution is -2.60. The molecule has 0 aliphatic carbocycles. The lowest BCUT2D eigenvalue weighted by Gasteiger charge is -2.31. The Morgan fingerprint density at radius 1 is 1.21 bits per heavy atom. The number of H-pyrrole nitrogens is 1. The number of nitrogens with one attached hydrogen (secondary N) is 1. The van der Waals surface area contributed by atoms with Gasteiger partial charge in [0.1, 0.15) is 0 Å². The number of anilines is 1. The van der Waals surface area contributed by atoms with Crippen molar-refractivity contribution in [3.63, 3.8) is 0 Å². The molecule has 6 nitrogen and oxygen atoms in total. The highest BCUT2D eigenvalue weighted by molar-refractivity contribution is 7.99. The number of fused-ring (bicyclic) bond motifs is 3. The van der Waals surface area contributed by atoms with Gasteiger partial charge >= 0.3 is 11.3 Å². The number of amides is 1. The molecule has 0 saturated heterocycles. The maximum absolute atomic E-state index is 13.0. The van der Waals surface area contributed by atoms with Gasteiger partial charge in [0, 0.05) is 22.5 Å². The van der Waals surface area contributed by atoms with Gasteiger partial charge in [-0.3, -0.25) is 14.6 Å². The molecule has 0 unspecified atom stereocenters. The topological polar surface area (TPSA) is 69.9 Å². The number of aromatic nitrogens is 3. The summed E-state index contributed by atoms with van der Waals surface area (Å²) >= 11 is 3.12. The molecule has 8 heteroatoms. The lowest BCUT2D eigenvalue weighted by molar-refractivity contribution is -0.763. The zero-order chi connectivity index (χ0) is 20.5. The van der Waals surface area contributed by atoms with Crippen LogP contribution in [-0.2, 0) is 4.79 Å². The number of hydrogen-bond donors (Lipinski definition) is 1. The standard InChI is InChI=1S/C21H20N4O2S2/c1-4-29-21-22-19(27)18-16-7-5-6-8-17(16)24(13(2)26)20(25(18)23-21)14-9-11-15(28-3)12-10-14/h5-12,20H,4H2,1-3H3/p+1/t20-/m0/s1. The number of benzene rings is 2. The predicted molar refractivity (Wildman–Crippen MR) is 116 cm³/mol. The van der Waals surface area contributed by atoms with Crippen molar-refractivity contribution in [1.29, 1.82) is 0 Å². The second kappa shape index (κ2) is 8.04. The lowest BCUT2D eigenvalue weighted by atomic mass is 10.0. The SMILES string of the molecule is CCSc1n[n+]2c(c(=O)[nH]1)-c1ccccc1N(C(C)=O)[C@@H]2c1ccc(SC)cc1. The van der Waals surface area contributed by atoms with Crippen LogP contribution in [0.2, 0.25) is 0 Å². The third-order valence-corrected chi connectivity index (χ3v) is 6.28.